The molecule has 0 aliphatic heterocycles. The average molecular weight is 411 g/mol. The second-order valence-corrected chi connectivity index (χ2v) is 8.67. The van der Waals surface area contributed by atoms with Crippen LogP contribution in [0.15, 0.2) is 53.4 Å². The standard InChI is InChI=1S/C18H16Cl2N2O3S/c1-12-10-14(4-7-16(12)19)22-17(11-18(20)21-22)13-2-5-15(6-3-13)26(24,25)9-8-23/h2-7,10-11,23H,8-9H2,1H3. The van der Waals surface area contributed by atoms with Crippen LogP contribution in [0, 0.1) is 6.92 Å². The monoisotopic (exact) mass is 410 g/mol. The van der Waals surface area contributed by atoms with Gasteiger partial charge in [-0.05, 0) is 42.8 Å². The molecule has 0 unspecified atom stereocenters. The van der Waals surface area contributed by atoms with Gasteiger partial charge in [-0.1, -0.05) is 35.3 Å². The molecule has 0 saturated carbocycles. The fourth-order valence-electron chi connectivity index (χ4n) is 2.59. The topological polar surface area (TPSA) is 72.2 Å². The maximum absolute atomic E-state index is 12.0. The lowest BCUT2D eigenvalue weighted by Crippen LogP contribution is -2.09. The van der Waals surface area contributed by atoms with Crippen LogP contribution < -0.4 is 0 Å². The highest BCUT2D eigenvalue weighted by molar-refractivity contribution is 7.91. The first kappa shape index (κ1) is 18.9. The Morgan fingerprint density at radius 2 is 1.77 bits per heavy atom. The van der Waals surface area contributed by atoms with Crippen LogP contribution in [0.5, 0.6) is 0 Å². The van der Waals surface area contributed by atoms with E-state index in [4.69, 9.17) is 28.3 Å². The number of aryl methyl sites for hydroxylation is 1. The molecule has 1 aromatic heterocycles. The zero-order valence-corrected chi connectivity index (χ0v) is 16.2. The van der Waals surface area contributed by atoms with Crippen molar-refractivity contribution in [3.63, 3.8) is 0 Å². The van der Waals surface area contributed by atoms with E-state index in [2.05, 4.69) is 5.10 Å². The summed E-state index contributed by atoms with van der Waals surface area (Å²) >= 11 is 12.2. The fourth-order valence-corrected chi connectivity index (χ4v) is 3.91. The lowest BCUT2D eigenvalue weighted by atomic mass is 10.1. The number of aliphatic hydroxyl groups excluding tert-OH is 1. The Balaban J connectivity index is 2.04. The summed E-state index contributed by atoms with van der Waals surface area (Å²) in [5.74, 6) is -0.305. The van der Waals surface area contributed by atoms with Crippen molar-refractivity contribution >= 4 is 33.0 Å². The van der Waals surface area contributed by atoms with Crippen LogP contribution in [0.2, 0.25) is 10.2 Å². The molecule has 0 bridgehead atoms. The van der Waals surface area contributed by atoms with E-state index >= 15 is 0 Å². The van der Waals surface area contributed by atoms with E-state index in [1.807, 2.05) is 19.1 Å². The van der Waals surface area contributed by atoms with Gasteiger partial charge in [0.2, 0.25) is 0 Å². The summed E-state index contributed by atoms with van der Waals surface area (Å²) in [7, 11) is -3.49. The van der Waals surface area contributed by atoms with Gasteiger partial charge in [0, 0.05) is 16.7 Å². The minimum Gasteiger partial charge on any atom is -0.395 e. The molecule has 3 rings (SSSR count). The number of nitrogens with zero attached hydrogens (tertiary/aromatic N) is 2. The summed E-state index contributed by atoms with van der Waals surface area (Å²) in [6.07, 6.45) is 0. The second-order valence-electron chi connectivity index (χ2n) is 5.76. The van der Waals surface area contributed by atoms with Gasteiger partial charge in [0.15, 0.2) is 15.0 Å². The van der Waals surface area contributed by atoms with Gasteiger partial charge in [-0.2, -0.15) is 5.10 Å². The third-order valence-corrected chi connectivity index (χ3v) is 6.25. The third-order valence-electron chi connectivity index (χ3n) is 3.93. The molecule has 1 N–H and O–H groups in total. The molecule has 3 aromatic rings. The van der Waals surface area contributed by atoms with E-state index < -0.39 is 16.4 Å². The Hall–Kier alpha value is -1.86. The minimum absolute atomic E-state index is 0.162. The zero-order valence-electron chi connectivity index (χ0n) is 13.9. The van der Waals surface area contributed by atoms with Gasteiger partial charge in [-0.15, -0.1) is 0 Å². The number of rotatable bonds is 5. The van der Waals surface area contributed by atoms with Gasteiger partial charge >= 0.3 is 0 Å². The van der Waals surface area contributed by atoms with Gasteiger partial charge < -0.3 is 5.11 Å². The van der Waals surface area contributed by atoms with Crippen molar-refractivity contribution in [2.45, 2.75) is 11.8 Å². The smallest absolute Gasteiger partial charge is 0.180 e. The summed E-state index contributed by atoms with van der Waals surface area (Å²) < 4.78 is 25.7. The first-order chi connectivity index (χ1) is 12.3. The van der Waals surface area contributed by atoms with Crippen LogP contribution in [0.25, 0.3) is 16.9 Å². The number of hydrogen-bond donors (Lipinski definition) is 1. The van der Waals surface area contributed by atoms with Crippen LogP contribution in [0.3, 0.4) is 0 Å². The Morgan fingerprint density at radius 3 is 2.38 bits per heavy atom. The van der Waals surface area contributed by atoms with E-state index in [1.54, 1.807) is 28.9 Å². The van der Waals surface area contributed by atoms with E-state index in [9.17, 15) is 8.42 Å². The van der Waals surface area contributed by atoms with Crippen molar-refractivity contribution < 1.29 is 13.5 Å². The molecule has 1 heterocycles. The molecule has 0 spiro atoms. The molecule has 0 amide bonds. The molecule has 0 aliphatic carbocycles. The van der Waals surface area contributed by atoms with Crippen LogP contribution in [-0.4, -0.2) is 35.7 Å². The third kappa shape index (κ3) is 3.78. The van der Waals surface area contributed by atoms with E-state index in [0.29, 0.717) is 10.2 Å². The number of halogens is 2. The van der Waals surface area contributed by atoms with Crippen molar-refractivity contribution in [2.24, 2.45) is 0 Å². The molecule has 0 aliphatic rings. The first-order valence-corrected chi connectivity index (χ1v) is 10.2. The zero-order chi connectivity index (χ0) is 18.9. The van der Waals surface area contributed by atoms with Crippen molar-refractivity contribution in [1.29, 1.82) is 0 Å². The molecule has 5 nitrogen and oxygen atoms in total. The molecule has 8 heteroatoms. The fraction of sp³-hybridized carbons (Fsp3) is 0.167. The van der Waals surface area contributed by atoms with Crippen LogP contribution in [0.1, 0.15) is 5.56 Å². The van der Waals surface area contributed by atoms with Gasteiger partial charge in [0.05, 0.1) is 28.6 Å². The Morgan fingerprint density at radius 1 is 1.08 bits per heavy atom. The predicted octanol–water partition coefficient (Wildman–Crippen LogP) is 3.92. The van der Waals surface area contributed by atoms with Gasteiger partial charge in [0.25, 0.3) is 0 Å². The van der Waals surface area contributed by atoms with E-state index in [1.165, 1.54) is 12.1 Å². The predicted molar refractivity (Wildman–Crippen MR) is 103 cm³/mol. The SMILES string of the molecule is Cc1cc(-n2nc(Cl)cc2-c2ccc(S(=O)(=O)CCO)cc2)ccc1Cl. The van der Waals surface area contributed by atoms with Gasteiger partial charge in [-0.25, -0.2) is 13.1 Å². The normalized spacial score (nSPS) is 11.7. The van der Waals surface area contributed by atoms with Crippen molar-refractivity contribution in [1.82, 2.24) is 9.78 Å². The Kier molecular flexibility index (Phi) is 5.39. The quantitative estimate of drug-likeness (QED) is 0.691. The highest BCUT2D eigenvalue weighted by Crippen LogP contribution is 2.28. The highest BCUT2D eigenvalue weighted by Gasteiger charge is 2.16. The number of sulfone groups is 1. The summed E-state index contributed by atoms with van der Waals surface area (Å²) in [5, 5.41) is 14.2. The van der Waals surface area contributed by atoms with Gasteiger partial charge in [-0.3, -0.25) is 0 Å². The summed E-state index contributed by atoms with van der Waals surface area (Å²) in [5.41, 5.74) is 3.20. The first-order valence-electron chi connectivity index (χ1n) is 7.78. The number of aliphatic hydroxyl groups is 1. The molecule has 0 radical (unpaired) electrons. The lowest BCUT2D eigenvalue weighted by molar-refractivity contribution is 0.319. The summed E-state index contributed by atoms with van der Waals surface area (Å²) in [6, 6.07) is 13.6. The van der Waals surface area contributed by atoms with Crippen molar-refractivity contribution in [3.8, 4) is 16.9 Å². The summed E-state index contributed by atoms with van der Waals surface area (Å²) in [4.78, 5) is 0.162. The van der Waals surface area contributed by atoms with E-state index in [0.717, 1.165) is 22.5 Å². The largest absolute Gasteiger partial charge is 0.395 e. The highest BCUT2D eigenvalue weighted by atomic mass is 35.5. The maximum Gasteiger partial charge on any atom is 0.180 e. The maximum atomic E-state index is 12.0. The molecular formula is C18H16Cl2N2O3S. The van der Waals surface area contributed by atoms with Gasteiger partial charge in [0.1, 0.15) is 0 Å². The Labute approximate surface area is 161 Å². The molecule has 136 valence electrons. The number of benzene rings is 2. The van der Waals surface area contributed by atoms with Crippen LogP contribution in [0.4, 0.5) is 0 Å². The molecule has 0 saturated heterocycles. The molecule has 26 heavy (non-hydrogen) atoms. The molecule has 0 atom stereocenters. The molecule has 2 aromatic carbocycles. The van der Waals surface area contributed by atoms with Crippen molar-refractivity contribution in [2.75, 3.05) is 12.4 Å². The van der Waals surface area contributed by atoms with E-state index in [-0.39, 0.29) is 10.6 Å². The van der Waals surface area contributed by atoms with Crippen molar-refractivity contribution in [3.05, 3.63) is 64.3 Å². The van der Waals surface area contributed by atoms with Crippen LogP contribution in [-0.2, 0) is 9.84 Å². The summed E-state index contributed by atoms with van der Waals surface area (Å²) in [6.45, 7) is 1.49. The lowest BCUT2D eigenvalue weighted by Gasteiger charge is -2.10. The Bertz CT molecular complexity index is 1040. The number of aromatic nitrogens is 2. The second kappa shape index (κ2) is 7.40. The number of hydrogen-bond acceptors (Lipinski definition) is 4. The van der Waals surface area contributed by atoms with Crippen LogP contribution >= 0.6 is 23.2 Å². The average Bonchev–Trinajstić information content (AvgIpc) is 2.99. The molecular weight excluding hydrogens is 395 g/mol. The molecule has 0 fully saturated rings. The minimum atomic E-state index is -3.49.